The highest BCUT2D eigenvalue weighted by molar-refractivity contribution is 5.74. The average molecular weight is 222 g/mol. The van der Waals surface area contributed by atoms with E-state index >= 15 is 0 Å². The topological polar surface area (TPSA) is 24.4 Å². The van der Waals surface area contributed by atoms with Gasteiger partial charge >= 0.3 is 0 Å². The number of allylic oxidation sites excluding steroid dienone is 1. The van der Waals surface area contributed by atoms with Crippen LogP contribution < -0.4 is 5.32 Å². The van der Waals surface area contributed by atoms with Crippen LogP contribution in [0.15, 0.2) is 72.2 Å². The molecule has 0 bridgehead atoms. The van der Waals surface area contributed by atoms with E-state index in [2.05, 4.69) is 16.9 Å². The SMILES string of the molecule is C=CC=Nc1ccc(Nc2ccccc2)cc1. The third-order valence-electron chi connectivity index (χ3n) is 2.26. The van der Waals surface area contributed by atoms with E-state index in [1.807, 2.05) is 54.6 Å². The maximum atomic E-state index is 4.20. The highest BCUT2D eigenvalue weighted by Gasteiger charge is 1.93. The molecule has 0 atom stereocenters. The summed E-state index contributed by atoms with van der Waals surface area (Å²) in [6, 6.07) is 18.0. The molecule has 0 unspecified atom stereocenters. The van der Waals surface area contributed by atoms with Crippen molar-refractivity contribution < 1.29 is 0 Å². The van der Waals surface area contributed by atoms with Crippen molar-refractivity contribution in [2.45, 2.75) is 0 Å². The summed E-state index contributed by atoms with van der Waals surface area (Å²) in [5, 5.41) is 3.32. The molecule has 0 saturated heterocycles. The number of para-hydroxylation sites is 1. The van der Waals surface area contributed by atoms with Crippen LogP contribution in [0.3, 0.4) is 0 Å². The van der Waals surface area contributed by atoms with E-state index < -0.39 is 0 Å². The normalized spacial score (nSPS) is 10.4. The Hall–Kier alpha value is -2.35. The molecular weight excluding hydrogens is 208 g/mol. The molecule has 84 valence electrons. The molecule has 17 heavy (non-hydrogen) atoms. The van der Waals surface area contributed by atoms with Crippen LogP contribution >= 0.6 is 0 Å². The number of hydrogen-bond donors (Lipinski definition) is 1. The standard InChI is InChI=1S/C15H14N2/c1-2-12-16-13-8-10-15(11-9-13)17-14-6-4-3-5-7-14/h2-12,17H,1H2. The van der Waals surface area contributed by atoms with Gasteiger partial charge in [0.2, 0.25) is 0 Å². The van der Waals surface area contributed by atoms with Gasteiger partial charge in [0.1, 0.15) is 0 Å². The van der Waals surface area contributed by atoms with Crippen LogP contribution in [0.1, 0.15) is 0 Å². The Bertz CT molecular complexity index is 498. The quantitative estimate of drug-likeness (QED) is 0.765. The monoisotopic (exact) mass is 222 g/mol. The number of benzene rings is 2. The Kier molecular flexibility index (Phi) is 3.71. The fraction of sp³-hybridized carbons (Fsp3) is 0. The third-order valence-corrected chi connectivity index (χ3v) is 2.26. The Morgan fingerprint density at radius 3 is 2.18 bits per heavy atom. The van der Waals surface area contributed by atoms with Crippen LogP contribution in [0.2, 0.25) is 0 Å². The van der Waals surface area contributed by atoms with Crippen molar-refractivity contribution in [3.8, 4) is 0 Å². The van der Waals surface area contributed by atoms with E-state index in [-0.39, 0.29) is 0 Å². The molecule has 0 heterocycles. The molecule has 0 aliphatic rings. The van der Waals surface area contributed by atoms with Gasteiger partial charge in [-0.1, -0.05) is 30.9 Å². The van der Waals surface area contributed by atoms with Crippen LogP contribution in [0, 0.1) is 0 Å². The van der Waals surface area contributed by atoms with Gasteiger partial charge in [-0.25, -0.2) is 0 Å². The van der Waals surface area contributed by atoms with E-state index in [1.165, 1.54) is 0 Å². The molecule has 0 fully saturated rings. The number of anilines is 2. The van der Waals surface area contributed by atoms with Gasteiger partial charge in [0.05, 0.1) is 5.69 Å². The first-order chi connectivity index (χ1) is 8.38. The van der Waals surface area contributed by atoms with Crippen LogP contribution in [-0.4, -0.2) is 6.21 Å². The van der Waals surface area contributed by atoms with E-state index in [1.54, 1.807) is 12.3 Å². The summed E-state index contributed by atoms with van der Waals surface area (Å²) in [4.78, 5) is 4.20. The summed E-state index contributed by atoms with van der Waals surface area (Å²) in [6.45, 7) is 3.59. The second kappa shape index (κ2) is 5.66. The molecular formula is C15H14N2. The Balaban J connectivity index is 2.08. The Morgan fingerprint density at radius 1 is 0.882 bits per heavy atom. The molecule has 0 aromatic heterocycles. The molecule has 2 heteroatoms. The van der Waals surface area contributed by atoms with Crippen LogP contribution in [0.5, 0.6) is 0 Å². The predicted octanol–water partition coefficient (Wildman–Crippen LogP) is 4.32. The minimum absolute atomic E-state index is 0.920. The molecule has 2 aromatic carbocycles. The molecule has 0 aliphatic carbocycles. The van der Waals surface area contributed by atoms with Crippen molar-refractivity contribution in [3.63, 3.8) is 0 Å². The Morgan fingerprint density at radius 2 is 1.53 bits per heavy atom. The summed E-state index contributed by atoms with van der Waals surface area (Å²) in [6.07, 6.45) is 3.34. The number of aliphatic imine (C=N–C) groups is 1. The lowest BCUT2D eigenvalue weighted by atomic mass is 10.2. The minimum Gasteiger partial charge on any atom is -0.356 e. The van der Waals surface area contributed by atoms with Gasteiger partial charge < -0.3 is 5.32 Å². The first-order valence-electron chi connectivity index (χ1n) is 5.46. The van der Waals surface area contributed by atoms with Crippen molar-refractivity contribution >= 4 is 23.3 Å². The van der Waals surface area contributed by atoms with Gasteiger partial charge in [-0.3, -0.25) is 4.99 Å². The molecule has 2 rings (SSSR count). The lowest BCUT2D eigenvalue weighted by molar-refractivity contribution is 1.50. The van der Waals surface area contributed by atoms with Crippen molar-refractivity contribution in [1.29, 1.82) is 0 Å². The summed E-state index contributed by atoms with van der Waals surface area (Å²) in [7, 11) is 0. The zero-order valence-electron chi connectivity index (χ0n) is 9.51. The second-order valence-corrected chi connectivity index (χ2v) is 3.55. The highest BCUT2D eigenvalue weighted by Crippen LogP contribution is 2.19. The molecule has 0 amide bonds. The van der Waals surface area contributed by atoms with Gasteiger partial charge in [-0.05, 0) is 36.4 Å². The number of nitrogens with one attached hydrogen (secondary N) is 1. The van der Waals surface area contributed by atoms with Crippen LogP contribution in [-0.2, 0) is 0 Å². The van der Waals surface area contributed by atoms with Crippen molar-refractivity contribution in [3.05, 3.63) is 67.3 Å². The molecule has 0 aliphatic heterocycles. The smallest absolute Gasteiger partial charge is 0.0631 e. The average Bonchev–Trinajstić information content (AvgIpc) is 2.39. The zero-order valence-corrected chi connectivity index (χ0v) is 9.51. The van der Waals surface area contributed by atoms with E-state index in [0.29, 0.717) is 0 Å². The molecule has 0 radical (unpaired) electrons. The largest absolute Gasteiger partial charge is 0.356 e. The first kappa shape index (κ1) is 11.1. The molecule has 2 nitrogen and oxygen atoms in total. The van der Waals surface area contributed by atoms with Crippen LogP contribution in [0.25, 0.3) is 0 Å². The van der Waals surface area contributed by atoms with Gasteiger partial charge in [0.15, 0.2) is 0 Å². The molecule has 1 N–H and O–H groups in total. The van der Waals surface area contributed by atoms with E-state index in [0.717, 1.165) is 17.1 Å². The minimum atomic E-state index is 0.920. The van der Waals surface area contributed by atoms with Gasteiger partial charge in [-0.2, -0.15) is 0 Å². The fourth-order valence-corrected chi connectivity index (χ4v) is 1.46. The Labute approximate surface area is 101 Å². The van der Waals surface area contributed by atoms with E-state index in [4.69, 9.17) is 0 Å². The molecule has 0 spiro atoms. The van der Waals surface area contributed by atoms with Crippen molar-refractivity contribution in [1.82, 2.24) is 0 Å². The summed E-state index contributed by atoms with van der Waals surface area (Å²) < 4.78 is 0. The summed E-state index contributed by atoms with van der Waals surface area (Å²) in [5.41, 5.74) is 3.05. The number of rotatable bonds is 4. The van der Waals surface area contributed by atoms with Crippen LogP contribution in [0.4, 0.5) is 17.1 Å². The van der Waals surface area contributed by atoms with Crippen molar-refractivity contribution in [2.75, 3.05) is 5.32 Å². The number of nitrogens with zero attached hydrogens (tertiary/aromatic N) is 1. The highest BCUT2D eigenvalue weighted by atomic mass is 14.9. The predicted molar refractivity (Wildman–Crippen MR) is 74.5 cm³/mol. The van der Waals surface area contributed by atoms with E-state index in [9.17, 15) is 0 Å². The maximum absolute atomic E-state index is 4.20. The van der Waals surface area contributed by atoms with Crippen molar-refractivity contribution in [2.24, 2.45) is 4.99 Å². The lowest BCUT2D eigenvalue weighted by Gasteiger charge is -2.05. The summed E-state index contributed by atoms with van der Waals surface area (Å²) >= 11 is 0. The lowest BCUT2D eigenvalue weighted by Crippen LogP contribution is -1.88. The first-order valence-corrected chi connectivity index (χ1v) is 5.46. The zero-order chi connectivity index (χ0) is 11.9. The van der Waals surface area contributed by atoms with Gasteiger partial charge in [-0.15, -0.1) is 0 Å². The van der Waals surface area contributed by atoms with Gasteiger partial charge in [0.25, 0.3) is 0 Å². The maximum Gasteiger partial charge on any atom is 0.0631 e. The third kappa shape index (κ3) is 3.31. The van der Waals surface area contributed by atoms with Gasteiger partial charge in [0, 0.05) is 17.6 Å². The fourth-order valence-electron chi connectivity index (χ4n) is 1.46. The number of hydrogen-bond acceptors (Lipinski definition) is 2. The second-order valence-electron chi connectivity index (χ2n) is 3.55. The molecule has 0 saturated carbocycles. The summed E-state index contributed by atoms with van der Waals surface area (Å²) in [5.74, 6) is 0. The molecule has 2 aromatic rings.